The Hall–Kier alpha value is -2.06. The summed E-state index contributed by atoms with van der Waals surface area (Å²) in [6.07, 6.45) is 17.2. The molecular weight excluding hydrogens is 344 g/mol. The predicted molar refractivity (Wildman–Crippen MR) is 112 cm³/mol. The first-order valence-electron chi connectivity index (χ1n) is 10.9. The number of hydrogen-bond acceptors (Lipinski definition) is 2. The van der Waals surface area contributed by atoms with Crippen LogP contribution in [0.1, 0.15) is 64.4 Å². The largest absolute Gasteiger partial charge is 0.264 e. The molecule has 0 N–H and O–H groups in total. The molecule has 0 bridgehead atoms. The highest BCUT2D eigenvalue weighted by Crippen LogP contribution is 2.66. The molecular formula is C24H30N4. The molecule has 28 heavy (non-hydrogen) atoms. The highest BCUT2D eigenvalue weighted by Gasteiger charge is 2.56. The van der Waals surface area contributed by atoms with E-state index < -0.39 is 0 Å². The van der Waals surface area contributed by atoms with Crippen LogP contribution in [0.3, 0.4) is 0 Å². The van der Waals surface area contributed by atoms with E-state index in [9.17, 15) is 0 Å². The van der Waals surface area contributed by atoms with Gasteiger partial charge in [-0.3, -0.25) is 4.98 Å². The van der Waals surface area contributed by atoms with E-state index in [1.54, 1.807) is 5.57 Å². The number of allylic oxidation sites excluding steroid dienone is 3. The normalized spacial score (nSPS) is 41.6. The van der Waals surface area contributed by atoms with Crippen molar-refractivity contribution in [3.63, 3.8) is 0 Å². The molecule has 4 nitrogen and oxygen atoms in total. The lowest BCUT2D eigenvalue weighted by Crippen LogP contribution is -2.49. The Morgan fingerprint density at radius 2 is 1.96 bits per heavy atom. The van der Waals surface area contributed by atoms with E-state index in [2.05, 4.69) is 53.1 Å². The molecule has 0 aromatic carbocycles. The minimum atomic E-state index is 0.167. The van der Waals surface area contributed by atoms with Crippen molar-refractivity contribution in [2.24, 2.45) is 33.7 Å². The summed E-state index contributed by atoms with van der Waals surface area (Å²) >= 11 is 0. The van der Waals surface area contributed by atoms with Crippen molar-refractivity contribution in [2.45, 2.75) is 64.8 Å². The lowest BCUT2D eigenvalue weighted by atomic mass is 9.47. The van der Waals surface area contributed by atoms with Crippen LogP contribution in [0, 0.1) is 28.6 Å². The fourth-order valence-corrected chi connectivity index (χ4v) is 7.35. The topological polar surface area (TPSA) is 61.7 Å². The van der Waals surface area contributed by atoms with Gasteiger partial charge in [-0.25, -0.2) is 0 Å². The lowest BCUT2D eigenvalue weighted by molar-refractivity contribution is -0.0112. The van der Waals surface area contributed by atoms with Crippen LogP contribution in [0.25, 0.3) is 16.0 Å². The summed E-state index contributed by atoms with van der Waals surface area (Å²) in [6.45, 7) is 5.02. The van der Waals surface area contributed by atoms with Crippen molar-refractivity contribution >= 4 is 5.57 Å². The molecule has 0 saturated heterocycles. The third-order valence-electron chi connectivity index (χ3n) is 8.85. The molecule has 2 saturated carbocycles. The fourth-order valence-electron chi connectivity index (χ4n) is 7.35. The van der Waals surface area contributed by atoms with Crippen molar-refractivity contribution in [3.05, 3.63) is 58.3 Å². The van der Waals surface area contributed by atoms with Crippen LogP contribution in [-0.4, -0.2) is 11.0 Å². The second-order valence-corrected chi connectivity index (χ2v) is 9.91. The van der Waals surface area contributed by atoms with E-state index in [1.165, 1.54) is 43.2 Å². The van der Waals surface area contributed by atoms with E-state index in [1.807, 2.05) is 12.4 Å². The number of hydrogen-bond donors (Lipinski definition) is 0. The molecule has 1 aromatic heterocycles. The smallest absolute Gasteiger partial charge is 0.0411 e. The van der Waals surface area contributed by atoms with Crippen LogP contribution < -0.4 is 0 Å². The molecule has 4 heteroatoms. The van der Waals surface area contributed by atoms with Gasteiger partial charge in [0.25, 0.3) is 0 Å². The number of rotatable bonds is 2. The number of pyridine rings is 1. The van der Waals surface area contributed by atoms with Crippen LogP contribution in [0.15, 0.2) is 47.4 Å². The molecule has 0 aliphatic heterocycles. The highest BCUT2D eigenvalue weighted by molar-refractivity contribution is 5.72. The first-order valence-corrected chi connectivity index (χ1v) is 10.9. The zero-order valence-electron chi connectivity index (χ0n) is 17.0. The Kier molecular flexibility index (Phi) is 4.17. The van der Waals surface area contributed by atoms with Gasteiger partial charge in [0.05, 0.1) is 0 Å². The van der Waals surface area contributed by atoms with Crippen LogP contribution in [-0.2, 0) is 0 Å². The average molecular weight is 375 g/mol. The molecule has 0 amide bonds. The summed E-state index contributed by atoms with van der Waals surface area (Å²) in [6, 6.07) is 4.47. The molecule has 1 aromatic rings. The molecule has 0 radical (unpaired) electrons. The summed E-state index contributed by atoms with van der Waals surface area (Å²) < 4.78 is 0. The van der Waals surface area contributed by atoms with Gasteiger partial charge < -0.3 is 0 Å². The molecule has 1 heterocycles. The van der Waals surface area contributed by atoms with Gasteiger partial charge in [0.1, 0.15) is 0 Å². The summed E-state index contributed by atoms with van der Waals surface area (Å²) in [5, 5.41) is 4.04. The Morgan fingerprint density at radius 3 is 2.75 bits per heavy atom. The molecule has 3 unspecified atom stereocenters. The molecule has 6 atom stereocenters. The van der Waals surface area contributed by atoms with E-state index in [0.29, 0.717) is 5.41 Å². The van der Waals surface area contributed by atoms with Gasteiger partial charge in [0.15, 0.2) is 0 Å². The average Bonchev–Trinajstić information content (AvgIpc) is 3.06. The van der Waals surface area contributed by atoms with Crippen LogP contribution >= 0.6 is 0 Å². The summed E-state index contributed by atoms with van der Waals surface area (Å²) in [5.41, 5.74) is 13.9. The fraction of sp³-hybridized carbons (Fsp3) is 0.625. The van der Waals surface area contributed by atoms with Crippen molar-refractivity contribution in [3.8, 4) is 0 Å². The summed E-state index contributed by atoms with van der Waals surface area (Å²) in [7, 11) is 0. The van der Waals surface area contributed by atoms with E-state index in [0.717, 1.165) is 30.6 Å². The number of fused-ring (bicyclic) bond motifs is 5. The van der Waals surface area contributed by atoms with Crippen molar-refractivity contribution < 1.29 is 0 Å². The zero-order valence-corrected chi connectivity index (χ0v) is 17.0. The predicted octanol–water partition coefficient (Wildman–Crippen LogP) is 6.72. The highest BCUT2D eigenvalue weighted by atomic mass is 15.1. The first-order chi connectivity index (χ1) is 13.6. The van der Waals surface area contributed by atoms with Crippen molar-refractivity contribution in [2.75, 3.05) is 0 Å². The molecule has 146 valence electrons. The maximum absolute atomic E-state index is 8.84. The maximum atomic E-state index is 8.84. The van der Waals surface area contributed by atoms with E-state index >= 15 is 0 Å². The Balaban J connectivity index is 1.44. The molecule has 2 fully saturated rings. The van der Waals surface area contributed by atoms with Crippen LogP contribution in [0.4, 0.5) is 0 Å². The number of aromatic nitrogens is 1. The Bertz CT molecular complexity index is 881. The van der Waals surface area contributed by atoms with Gasteiger partial charge in [-0.2, -0.15) is 0 Å². The number of azide groups is 1. The third kappa shape index (κ3) is 2.50. The van der Waals surface area contributed by atoms with Gasteiger partial charge >= 0.3 is 0 Å². The van der Waals surface area contributed by atoms with E-state index in [4.69, 9.17) is 5.53 Å². The first kappa shape index (κ1) is 18.0. The van der Waals surface area contributed by atoms with Gasteiger partial charge in [0, 0.05) is 23.3 Å². The van der Waals surface area contributed by atoms with Crippen molar-refractivity contribution in [1.82, 2.24) is 4.98 Å². The van der Waals surface area contributed by atoms with Crippen LogP contribution in [0.5, 0.6) is 0 Å². The molecule has 4 aliphatic rings. The zero-order chi connectivity index (χ0) is 19.4. The van der Waals surface area contributed by atoms with Gasteiger partial charge in [0.2, 0.25) is 0 Å². The third-order valence-corrected chi connectivity index (χ3v) is 8.85. The Labute approximate surface area is 167 Å². The molecule has 4 aliphatic carbocycles. The van der Waals surface area contributed by atoms with Gasteiger partial charge in [-0.15, -0.1) is 0 Å². The monoisotopic (exact) mass is 374 g/mol. The minimum Gasteiger partial charge on any atom is -0.264 e. The van der Waals surface area contributed by atoms with Crippen molar-refractivity contribution in [1.29, 1.82) is 0 Å². The van der Waals surface area contributed by atoms with Gasteiger partial charge in [-0.05, 0) is 96.3 Å². The lowest BCUT2D eigenvalue weighted by Gasteiger charge is -2.57. The molecule has 5 rings (SSSR count). The minimum absolute atomic E-state index is 0.167. The summed E-state index contributed by atoms with van der Waals surface area (Å²) in [4.78, 5) is 7.46. The SMILES string of the molecule is C[C@]12CC[C@H](N=[N+]=[N-])CC1=CCC1C2CC[C@]2(C)C(c3cccnc3)=CCC12. The second kappa shape index (κ2) is 6.49. The number of nitrogens with zero attached hydrogens (tertiary/aromatic N) is 4. The van der Waals surface area contributed by atoms with Gasteiger partial charge in [-0.1, -0.05) is 42.8 Å². The quantitative estimate of drug-likeness (QED) is 0.245. The second-order valence-electron chi connectivity index (χ2n) is 9.91. The summed E-state index contributed by atoms with van der Waals surface area (Å²) in [5.74, 6) is 2.29. The standard InChI is InChI=1S/C24H30N4/c1-23-11-9-18(27-28-25)14-17(23)5-6-19-21-8-7-20(16-4-3-13-26-15-16)24(21,2)12-10-22(19)23/h3-5,7,13,15,18-19,21-22H,6,8-12,14H2,1-2H3/t18-,19?,21?,22?,23-,24+/m0/s1. The van der Waals surface area contributed by atoms with Crippen LogP contribution in [0.2, 0.25) is 0 Å². The maximum Gasteiger partial charge on any atom is 0.0411 e. The molecule has 0 spiro atoms. The van der Waals surface area contributed by atoms with E-state index in [-0.39, 0.29) is 11.5 Å². The Morgan fingerprint density at radius 1 is 1.11 bits per heavy atom.